The Morgan fingerprint density at radius 3 is 2.58 bits per heavy atom. The van der Waals surface area contributed by atoms with Crippen LogP contribution in [0.2, 0.25) is 5.02 Å². The lowest BCUT2D eigenvalue weighted by molar-refractivity contribution is 0.265. The number of rotatable bonds is 4. The summed E-state index contributed by atoms with van der Waals surface area (Å²) in [4.78, 5) is 17.4. The van der Waals surface area contributed by atoms with E-state index >= 15 is 0 Å². The second kappa shape index (κ2) is 8.97. The van der Waals surface area contributed by atoms with Gasteiger partial charge in [0.2, 0.25) is 0 Å². The predicted molar refractivity (Wildman–Crippen MR) is 133 cm³/mol. The Morgan fingerprint density at radius 2 is 1.82 bits per heavy atom. The van der Waals surface area contributed by atoms with Crippen LogP contribution in [-0.4, -0.2) is 26.0 Å². The van der Waals surface area contributed by atoms with E-state index in [4.69, 9.17) is 16.7 Å². The van der Waals surface area contributed by atoms with Crippen molar-refractivity contribution in [3.8, 4) is 22.7 Å². The summed E-state index contributed by atoms with van der Waals surface area (Å²) in [6, 6.07) is 23.8. The minimum Gasteiger partial charge on any atom is -0.508 e. The Morgan fingerprint density at radius 1 is 1.03 bits per heavy atom. The number of hydrogen-bond acceptors (Lipinski definition) is 5. The SMILES string of the molecule is O=C1NC(=Nc2cccc(O)c2)/C(=C/c2cn(-c3ccccc3)nc2-c2ccc(Cl)cc2)S1. The highest BCUT2D eigenvalue weighted by molar-refractivity contribution is 8.18. The molecule has 2 N–H and O–H groups in total. The molecule has 1 fully saturated rings. The lowest BCUT2D eigenvalue weighted by atomic mass is 10.1. The summed E-state index contributed by atoms with van der Waals surface area (Å²) in [5.41, 5.74) is 3.93. The van der Waals surface area contributed by atoms with Crippen LogP contribution in [0.1, 0.15) is 5.56 Å². The number of amides is 1. The Labute approximate surface area is 199 Å². The zero-order chi connectivity index (χ0) is 22.8. The van der Waals surface area contributed by atoms with Gasteiger partial charge < -0.3 is 10.4 Å². The number of amidine groups is 1. The van der Waals surface area contributed by atoms with E-state index in [1.54, 1.807) is 22.9 Å². The molecule has 0 radical (unpaired) electrons. The number of phenols is 1. The number of benzene rings is 3. The summed E-state index contributed by atoms with van der Waals surface area (Å²) in [6.07, 6.45) is 3.81. The number of aliphatic imine (C=N–C) groups is 1. The number of carbonyl (C=O) groups excluding carboxylic acids is 1. The van der Waals surface area contributed by atoms with Crippen LogP contribution in [0, 0.1) is 0 Å². The molecule has 0 spiro atoms. The molecule has 33 heavy (non-hydrogen) atoms. The van der Waals surface area contributed by atoms with Crippen molar-refractivity contribution in [2.45, 2.75) is 0 Å². The van der Waals surface area contributed by atoms with E-state index in [-0.39, 0.29) is 11.0 Å². The largest absolute Gasteiger partial charge is 0.508 e. The van der Waals surface area contributed by atoms with Crippen LogP contribution >= 0.6 is 23.4 Å². The second-order valence-electron chi connectivity index (χ2n) is 7.22. The fourth-order valence-electron chi connectivity index (χ4n) is 3.38. The fraction of sp³-hybridized carbons (Fsp3) is 0. The molecule has 6 nitrogen and oxygen atoms in total. The van der Waals surface area contributed by atoms with E-state index in [0.717, 1.165) is 34.3 Å². The monoisotopic (exact) mass is 472 g/mol. The van der Waals surface area contributed by atoms with Crippen molar-refractivity contribution in [1.29, 1.82) is 0 Å². The molecule has 1 aliphatic rings. The molecule has 0 bridgehead atoms. The summed E-state index contributed by atoms with van der Waals surface area (Å²) in [6.45, 7) is 0. The Bertz CT molecular complexity index is 1400. The normalized spacial score (nSPS) is 15.8. The van der Waals surface area contributed by atoms with Gasteiger partial charge in [0.05, 0.1) is 22.0 Å². The molecule has 4 aromatic rings. The van der Waals surface area contributed by atoms with Crippen molar-refractivity contribution in [1.82, 2.24) is 15.1 Å². The van der Waals surface area contributed by atoms with E-state index < -0.39 is 0 Å². The van der Waals surface area contributed by atoms with Crippen molar-refractivity contribution in [2.75, 3.05) is 0 Å². The molecule has 0 aliphatic carbocycles. The van der Waals surface area contributed by atoms with Gasteiger partial charge in [-0.15, -0.1) is 0 Å². The van der Waals surface area contributed by atoms with E-state index in [2.05, 4.69) is 10.3 Å². The van der Waals surface area contributed by atoms with Gasteiger partial charge in [-0.05, 0) is 54.2 Å². The number of hydrogen-bond donors (Lipinski definition) is 2. The third-order valence-electron chi connectivity index (χ3n) is 4.89. The average molecular weight is 473 g/mol. The first-order valence-electron chi connectivity index (χ1n) is 10.0. The maximum Gasteiger partial charge on any atom is 0.289 e. The highest BCUT2D eigenvalue weighted by atomic mass is 35.5. The van der Waals surface area contributed by atoms with E-state index in [0.29, 0.717) is 21.5 Å². The van der Waals surface area contributed by atoms with Crippen molar-refractivity contribution < 1.29 is 9.90 Å². The molecule has 3 aromatic carbocycles. The van der Waals surface area contributed by atoms with Crippen LogP contribution in [0.15, 0.2) is 95.0 Å². The van der Waals surface area contributed by atoms with Gasteiger partial charge in [0, 0.05) is 28.4 Å². The molecular weight excluding hydrogens is 456 g/mol. The Balaban J connectivity index is 1.61. The topological polar surface area (TPSA) is 79.5 Å². The number of nitrogens with zero attached hydrogens (tertiary/aromatic N) is 3. The lowest BCUT2D eigenvalue weighted by Crippen LogP contribution is -2.18. The van der Waals surface area contributed by atoms with Crippen molar-refractivity contribution in [2.24, 2.45) is 4.99 Å². The van der Waals surface area contributed by atoms with E-state index in [1.165, 1.54) is 6.07 Å². The number of halogens is 1. The Kier molecular flexibility index (Phi) is 5.73. The van der Waals surface area contributed by atoms with Crippen LogP contribution < -0.4 is 5.32 Å². The van der Waals surface area contributed by atoms with Gasteiger partial charge in [0.15, 0.2) is 0 Å². The van der Waals surface area contributed by atoms with E-state index in [9.17, 15) is 9.90 Å². The summed E-state index contributed by atoms with van der Waals surface area (Å²) >= 11 is 7.14. The molecule has 1 aromatic heterocycles. The lowest BCUT2D eigenvalue weighted by Gasteiger charge is -2.02. The predicted octanol–water partition coefficient (Wildman–Crippen LogP) is 6.43. The number of aromatic hydroxyl groups is 1. The summed E-state index contributed by atoms with van der Waals surface area (Å²) < 4.78 is 1.80. The van der Waals surface area contributed by atoms with Crippen LogP contribution in [-0.2, 0) is 0 Å². The number of thioether (sulfide) groups is 1. The van der Waals surface area contributed by atoms with Gasteiger partial charge in [0.1, 0.15) is 11.6 Å². The number of nitrogens with one attached hydrogen (secondary N) is 1. The fourth-order valence-corrected chi connectivity index (χ4v) is 4.24. The van der Waals surface area contributed by atoms with Crippen LogP contribution in [0.4, 0.5) is 10.5 Å². The number of carbonyl (C=O) groups is 1. The molecule has 5 rings (SSSR count). The third-order valence-corrected chi connectivity index (χ3v) is 5.97. The van der Waals surface area contributed by atoms with Crippen molar-refractivity contribution in [3.05, 3.63) is 101 Å². The molecule has 1 saturated heterocycles. The maximum atomic E-state index is 12.2. The summed E-state index contributed by atoms with van der Waals surface area (Å²) in [5.74, 6) is 0.527. The second-order valence-corrected chi connectivity index (χ2v) is 8.67. The highest BCUT2D eigenvalue weighted by Gasteiger charge is 2.25. The average Bonchev–Trinajstić information content (AvgIpc) is 3.38. The molecule has 0 atom stereocenters. The minimum absolute atomic E-state index is 0.105. The maximum absolute atomic E-state index is 12.2. The van der Waals surface area contributed by atoms with E-state index in [1.807, 2.05) is 66.9 Å². The van der Waals surface area contributed by atoms with Crippen molar-refractivity contribution >= 4 is 46.2 Å². The quantitative estimate of drug-likeness (QED) is 0.359. The van der Waals surface area contributed by atoms with Crippen molar-refractivity contribution in [3.63, 3.8) is 0 Å². The molecule has 1 amide bonds. The van der Waals surface area contributed by atoms with Gasteiger partial charge in [-0.3, -0.25) is 4.79 Å². The first-order valence-corrected chi connectivity index (χ1v) is 11.2. The number of para-hydroxylation sites is 1. The summed E-state index contributed by atoms with van der Waals surface area (Å²) in [7, 11) is 0. The van der Waals surface area contributed by atoms with Gasteiger partial charge in [-0.1, -0.05) is 48.0 Å². The Hall–Kier alpha value is -3.81. The molecular formula is C25H17ClN4O2S. The molecule has 2 heterocycles. The van der Waals surface area contributed by atoms with Gasteiger partial charge >= 0.3 is 0 Å². The molecule has 0 saturated carbocycles. The van der Waals surface area contributed by atoms with Crippen LogP contribution in [0.25, 0.3) is 23.0 Å². The third kappa shape index (κ3) is 4.69. The zero-order valence-corrected chi connectivity index (χ0v) is 18.7. The van der Waals surface area contributed by atoms with Gasteiger partial charge in [-0.2, -0.15) is 5.10 Å². The number of phenolic OH excluding ortho intramolecular Hbond substituents is 1. The molecule has 162 valence electrons. The zero-order valence-electron chi connectivity index (χ0n) is 17.1. The first-order chi connectivity index (χ1) is 16.0. The molecule has 1 aliphatic heterocycles. The van der Waals surface area contributed by atoms with Gasteiger partial charge in [-0.25, -0.2) is 9.67 Å². The number of aromatic nitrogens is 2. The summed E-state index contributed by atoms with van der Waals surface area (Å²) in [5, 5.41) is 17.7. The van der Waals surface area contributed by atoms with Crippen LogP contribution in [0.3, 0.4) is 0 Å². The molecule has 8 heteroatoms. The van der Waals surface area contributed by atoms with Gasteiger partial charge in [0.25, 0.3) is 5.24 Å². The highest BCUT2D eigenvalue weighted by Crippen LogP contribution is 2.33. The van der Waals surface area contributed by atoms with Crippen LogP contribution in [0.5, 0.6) is 5.75 Å². The molecule has 0 unspecified atom stereocenters. The smallest absolute Gasteiger partial charge is 0.289 e. The standard InChI is InChI=1S/C25H17ClN4O2S/c26-18-11-9-16(10-12-18)23-17(15-30(29-23)20-6-2-1-3-7-20)13-22-24(28-25(32)33-22)27-19-5-4-8-21(31)14-19/h1-15,31H,(H,27,28,32)/b22-13-. The first kappa shape index (κ1) is 21.1. The minimum atomic E-state index is -0.219.